The monoisotopic (exact) mass is 407 g/mol. The van der Waals surface area contributed by atoms with Gasteiger partial charge in [0.15, 0.2) is 0 Å². The van der Waals surface area contributed by atoms with E-state index in [1.807, 2.05) is 39.8 Å². The third-order valence-electron chi connectivity index (χ3n) is 5.02. The van der Waals surface area contributed by atoms with Gasteiger partial charge in [-0.1, -0.05) is 44.5 Å². The third-order valence-corrected chi connectivity index (χ3v) is 5.34. The zero-order valence-electron chi connectivity index (χ0n) is 17.4. The van der Waals surface area contributed by atoms with E-state index in [0.717, 1.165) is 28.3 Å². The van der Waals surface area contributed by atoms with Crippen molar-refractivity contribution in [3.05, 3.63) is 65.4 Å². The lowest BCUT2D eigenvalue weighted by Crippen LogP contribution is -2.10. The molecule has 0 fully saturated rings. The maximum absolute atomic E-state index is 6.45. The number of nitrogens with zero attached hydrogens (tertiary/aromatic N) is 4. The summed E-state index contributed by atoms with van der Waals surface area (Å²) < 4.78 is 3.78. The van der Waals surface area contributed by atoms with Crippen LogP contribution in [0.25, 0.3) is 16.8 Å². The Hall–Kier alpha value is -2.79. The van der Waals surface area contributed by atoms with Gasteiger partial charge in [0, 0.05) is 23.5 Å². The van der Waals surface area contributed by atoms with Gasteiger partial charge in [-0.15, -0.1) is 0 Å². The number of halogens is 1. The summed E-state index contributed by atoms with van der Waals surface area (Å²) in [5, 5.41) is 13.3. The van der Waals surface area contributed by atoms with E-state index >= 15 is 0 Å². The van der Waals surface area contributed by atoms with Crippen LogP contribution in [0.1, 0.15) is 46.2 Å². The second kappa shape index (κ2) is 7.23. The smallest absolute Gasteiger partial charge is 0.132 e. The molecule has 3 aromatic heterocycles. The van der Waals surface area contributed by atoms with Gasteiger partial charge in [-0.3, -0.25) is 4.68 Å². The number of pyridine rings is 1. The summed E-state index contributed by atoms with van der Waals surface area (Å²) in [6.07, 6.45) is 3.85. The topological polar surface area (TPSA) is 47.2 Å². The highest BCUT2D eigenvalue weighted by Gasteiger charge is 2.15. The van der Waals surface area contributed by atoms with Gasteiger partial charge in [-0.25, -0.2) is 4.52 Å². The van der Waals surface area contributed by atoms with Crippen LogP contribution < -0.4 is 5.32 Å². The standard InChI is InChI=1S/C23H26ClN5/c1-15(2)28-14-16(13-25-28)20-12-21-19(24)10-11-22(29(21)27-20)26-18-8-6-17(7-9-18)23(3,4)5/h6-15,26H,1-5H3. The largest absolute Gasteiger partial charge is 0.340 e. The number of nitrogens with one attached hydrogen (secondary N) is 1. The van der Waals surface area contributed by atoms with Gasteiger partial charge in [0.2, 0.25) is 0 Å². The molecular formula is C23H26ClN5. The minimum atomic E-state index is 0.128. The van der Waals surface area contributed by atoms with E-state index in [0.29, 0.717) is 11.1 Å². The molecule has 5 nitrogen and oxygen atoms in total. The third kappa shape index (κ3) is 3.87. The van der Waals surface area contributed by atoms with Crippen molar-refractivity contribution in [1.29, 1.82) is 0 Å². The van der Waals surface area contributed by atoms with Crippen LogP contribution in [0.4, 0.5) is 11.5 Å². The molecule has 0 amide bonds. The minimum Gasteiger partial charge on any atom is -0.340 e. The Balaban J connectivity index is 1.70. The van der Waals surface area contributed by atoms with Gasteiger partial charge in [-0.2, -0.15) is 10.2 Å². The molecule has 0 aliphatic carbocycles. The fourth-order valence-corrected chi connectivity index (χ4v) is 3.43. The van der Waals surface area contributed by atoms with Crippen molar-refractivity contribution in [3.63, 3.8) is 0 Å². The van der Waals surface area contributed by atoms with Crippen molar-refractivity contribution in [1.82, 2.24) is 19.4 Å². The quantitative estimate of drug-likeness (QED) is 0.421. The predicted octanol–water partition coefficient (Wildman–Crippen LogP) is 6.47. The molecule has 0 saturated carbocycles. The number of fused-ring (bicyclic) bond motifs is 1. The summed E-state index contributed by atoms with van der Waals surface area (Å²) >= 11 is 6.45. The number of hydrogen-bond donors (Lipinski definition) is 1. The van der Waals surface area contributed by atoms with Crippen molar-refractivity contribution in [2.45, 2.75) is 46.1 Å². The minimum absolute atomic E-state index is 0.128. The first-order valence-corrected chi connectivity index (χ1v) is 10.2. The molecule has 6 heteroatoms. The lowest BCUT2D eigenvalue weighted by Gasteiger charge is -2.19. The summed E-state index contributed by atoms with van der Waals surface area (Å²) in [6, 6.07) is 14.6. The summed E-state index contributed by atoms with van der Waals surface area (Å²) in [4.78, 5) is 0. The number of hydrogen-bond acceptors (Lipinski definition) is 3. The lowest BCUT2D eigenvalue weighted by atomic mass is 9.87. The van der Waals surface area contributed by atoms with Crippen LogP contribution in [0.3, 0.4) is 0 Å². The van der Waals surface area contributed by atoms with Gasteiger partial charge in [0.25, 0.3) is 0 Å². The van der Waals surface area contributed by atoms with E-state index in [2.05, 4.69) is 69.3 Å². The average Bonchev–Trinajstić information content (AvgIpc) is 3.31. The summed E-state index contributed by atoms with van der Waals surface area (Å²) in [7, 11) is 0. The van der Waals surface area contributed by atoms with Crippen LogP contribution in [-0.4, -0.2) is 19.4 Å². The van der Waals surface area contributed by atoms with Gasteiger partial charge in [0.05, 0.1) is 22.4 Å². The molecule has 3 heterocycles. The molecular weight excluding hydrogens is 382 g/mol. The summed E-state index contributed by atoms with van der Waals surface area (Å²) in [5.41, 5.74) is 5.10. The summed E-state index contributed by atoms with van der Waals surface area (Å²) in [6.45, 7) is 10.8. The second-order valence-corrected chi connectivity index (χ2v) is 9.06. The van der Waals surface area contributed by atoms with Crippen molar-refractivity contribution in [3.8, 4) is 11.3 Å². The Morgan fingerprint density at radius 1 is 1.03 bits per heavy atom. The first-order valence-electron chi connectivity index (χ1n) is 9.83. The molecule has 0 atom stereocenters. The Morgan fingerprint density at radius 3 is 2.38 bits per heavy atom. The maximum atomic E-state index is 6.45. The van der Waals surface area contributed by atoms with Crippen LogP contribution in [-0.2, 0) is 5.41 Å². The molecule has 0 unspecified atom stereocenters. The van der Waals surface area contributed by atoms with Gasteiger partial charge >= 0.3 is 0 Å². The number of anilines is 2. The van der Waals surface area contributed by atoms with E-state index in [-0.39, 0.29) is 5.41 Å². The molecule has 4 aromatic rings. The normalized spacial score (nSPS) is 12.1. The Labute approximate surface area is 176 Å². The highest BCUT2D eigenvalue weighted by molar-refractivity contribution is 6.34. The van der Waals surface area contributed by atoms with E-state index in [1.165, 1.54) is 5.56 Å². The molecule has 0 spiro atoms. The molecule has 0 saturated heterocycles. The van der Waals surface area contributed by atoms with Crippen molar-refractivity contribution >= 4 is 28.6 Å². The van der Waals surface area contributed by atoms with Crippen molar-refractivity contribution in [2.75, 3.05) is 5.32 Å². The molecule has 1 aromatic carbocycles. The summed E-state index contributed by atoms with van der Waals surface area (Å²) in [5.74, 6) is 0.857. The average molecular weight is 408 g/mol. The molecule has 29 heavy (non-hydrogen) atoms. The number of aromatic nitrogens is 4. The zero-order chi connectivity index (χ0) is 20.8. The van der Waals surface area contributed by atoms with Gasteiger partial charge in [0.1, 0.15) is 5.82 Å². The van der Waals surface area contributed by atoms with Crippen molar-refractivity contribution < 1.29 is 0 Å². The fourth-order valence-electron chi connectivity index (χ4n) is 3.23. The maximum Gasteiger partial charge on any atom is 0.132 e. The molecule has 4 rings (SSSR count). The van der Waals surface area contributed by atoms with Gasteiger partial charge in [-0.05, 0) is 55.2 Å². The van der Waals surface area contributed by atoms with E-state index in [9.17, 15) is 0 Å². The van der Waals surface area contributed by atoms with Crippen LogP contribution in [0.15, 0.2) is 54.9 Å². The Bertz CT molecular complexity index is 1150. The van der Waals surface area contributed by atoms with Crippen LogP contribution in [0.2, 0.25) is 5.02 Å². The Kier molecular flexibility index (Phi) is 4.87. The molecule has 1 N–H and O–H groups in total. The highest BCUT2D eigenvalue weighted by atomic mass is 35.5. The number of rotatable bonds is 4. The first-order chi connectivity index (χ1) is 13.7. The first kappa shape index (κ1) is 19.5. The lowest BCUT2D eigenvalue weighted by molar-refractivity contribution is 0.532. The van der Waals surface area contributed by atoms with Crippen LogP contribution >= 0.6 is 11.6 Å². The van der Waals surface area contributed by atoms with Gasteiger partial charge < -0.3 is 5.32 Å². The fraction of sp³-hybridized carbons (Fsp3) is 0.304. The zero-order valence-corrected chi connectivity index (χ0v) is 18.2. The second-order valence-electron chi connectivity index (χ2n) is 8.65. The predicted molar refractivity (Wildman–Crippen MR) is 120 cm³/mol. The van der Waals surface area contributed by atoms with E-state index < -0.39 is 0 Å². The molecule has 0 bridgehead atoms. The molecule has 150 valence electrons. The molecule has 0 aliphatic heterocycles. The van der Waals surface area contributed by atoms with E-state index in [1.54, 1.807) is 0 Å². The van der Waals surface area contributed by atoms with Crippen LogP contribution in [0, 0.1) is 0 Å². The van der Waals surface area contributed by atoms with E-state index in [4.69, 9.17) is 16.7 Å². The number of benzene rings is 1. The van der Waals surface area contributed by atoms with Crippen molar-refractivity contribution in [2.24, 2.45) is 0 Å². The molecule has 0 aliphatic rings. The molecule has 0 radical (unpaired) electrons. The SMILES string of the molecule is CC(C)n1cc(-c2cc3c(Cl)ccc(Nc4ccc(C(C)(C)C)cc4)n3n2)cn1. The van der Waals surface area contributed by atoms with Crippen LogP contribution in [0.5, 0.6) is 0 Å². The Morgan fingerprint density at radius 2 is 1.76 bits per heavy atom. The highest BCUT2D eigenvalue weighted by Crippen LogP contribution is 2.29.